The fourth-order valence-corrected chi connectivity index (χ4v) is 3.54. The van der Waals surface area contributed by atoms with Gasteiger partial charge in [-0.3, -0.25) is 0 Å². The van der Waals surface area contributed by atoms with Gasteiger partial charge in [0.2, 0.25) is 0 Å². The third kappa shape index (κ3) is 3.32. The molecule has 0 unspecified atom stereocenters. The van der Waals surface area contributed by atoms with Crippen molar-refractivity contribution < 1.29 is 4.74 Å². The molecular formula is C18H18ClNOS. The molecule has 0 N–H and O–H groups in total. The van der Waals surface area contributed by atoms with E-state index in [4.69, 9.17) is 16.3 Å². The van der Waals surface area contributed by atoms with Crippen molar-refractivity contribution in [3.63, 3.8) is 0 Å². The summed E-state index contributed by atoms with van der Waals surface area (Å²) in [5.74, 6) is 0.776. The first-order valence-corrected chi connectivity index (χ1v) is 8.39. The molecule has 0 aliphatic carbocycles. The molecule has 0 spiro atoms. The third-order valence-electron chi connectivity index (χ3n) is 3.46. The minimum atomic E-state index is 0.620. The van der Waals surface area contributed by atoms with Crippen LogP contribution in [0.4, 0.5) is 0 Å². The smallest absolute Gasteiger partial charge is 0.146 e. The van der Waals surface area contributed by atoms with Crippen LogP contribution in [0.1, 0.15) is 11.1 Å². The van der Waals surface area contributed by atoms with Gasteiger partial charge in [-0.05, 0) is 43.9 Å². The number of nitrogens with zero attached hydrogens (tertiary/aromatic N) is 1. The van der Waals surface area contributed by atoms with Gasteiger partial charge in [-0.25, -0.2) is 0 Å². The molecule has 2 aromatic carbocycles. The first kappa shape index (κ1) is 15.5. The molecule has 3 rings (SSSR count). The molecule has 22 heavy (non-hydrogen) atoms. The van der Waals surface area contributed by atoms with E-state index in [1.165, 1.54) is 15.4 Å². The maximum atomic E-state index is 6.36. The monoisotopic (exact) mass is 331 g/mol. The summed E-state index contributed by atoms with van der Waals surface area (Å²) in [5.41, 5.74) is 2.28. The molecule has 0 atom stereocenters. The summed E-state index contributed by atoms with van der Waals surface area (Å²) in [4.78, 5) is 4.51. The number of likely N-dealkylation sites (N-methyl/N-ethyl adjacent to an activating group) is 1. The summed E-state index contributed by atoms with van der Waals surface area (Å²) < 4.78 is 5.96. The maximum Gasteiger partial charge on any atom is 0.146 e. The Balaban J connectivity index is 1.95. The minimum Gasteiger partial charge on any atom is -0.490 e. The van der Waals surface area contributed by atoms with E-state index in [2.05, 4.69) is 47.4 Å². The number of hydrogen-bond donors (Lipinski definition) is 0. The summed E-state index contributed by atoms with van der Waals surface area (Å²) in [7, 11) is 4.06. The highest BCUT2D eigenvalue weighted by molar-refractivity contribution is 7.99. The maximum absolute atomic E-state index is 6.36. The largest absolute Gasteiger partial charge is 0.490 e. The van der Waals surface area contributed by atoms with Crippen LogP contribution in [-0.2, 0) is 0 Å². The molecule has 0 fully saturated rings. The Labute approximate surface area is 140 Å². The Hall–Kier alpha value is -1.42. The van der Waals surface area contributed by atoms with Crippen LogP contribution in [0.3, 0.4) is 0 Å². The summed E-state index contributed by atoms with van der Waals surface area (Å²) in [6.45, 7) is 1.48. The van der Waals surface area contributed by atoms with Gasteiger partial charge in [-0.1, -0.05) is 47.6 Å². The molecule has 0 amide bonds. The summed E-state index contributed by atoms with van der Waals surface area (Å²) in [6, 6.07) is 12.4. The molecule has 1 aliphatic heterocycles. The van der Waals surface area contributed by atoms with E-state index in [-0.39, 0.29) is 0 Å². The zero-order valence-corrected chi connectivity index (χ0v) is 14.2. The molecule has 2 aromatic rings. The van der Waals surface area contributed by atoms with E-state index in [9.17, 15) is 0 Å². The van der Waals surface area contributed by atoms with Crippen molar-refractivity contribution in [1.29, 1.82) is 0 Å². The highest BCUT2D eigenvalue weighted by Gasteiger charge is 2.16. The van der Waals surface area contributed by atoms with Crippen LogP contribution < -0.4 is 4.74 Å². The lowest BCUT2D eigenvalue weighted by Gasteiger charge is -2.15. The van der Waals surface area contributed by atoms with Gasteiger partial charge in [-0.2, -0.15) is 0 Å². The van der Waals surface area contributed by atoms with E-state index in [0.29, 0.717) is 11.6 Å². The van der Waals surface area contributed by atoms with Crippen LogP contribution in [-0.4, -0.2) is 32.1 Å². The normalized spacial score (nSPS) is 12.7. The van der Waals surface area contributed by atoms with Gasteiger partial charge in [-0.15, -0.1) is 0 Å². The van der Waals surface area contributed by atoms with E-state index in [0.717, 1.165) is 17.9 Å². The van der Waals surface area contributed by atoms with Crippen LogP contribution in [0.15, 0.2) is 46.2 Å². The van der Waals surface area contributed by atoms with Gasteiger partial charge in [0, 0.05) is 21.9 Å². The van der Waals surface area contributed by atoms with Gasteiger partial charge in [0.05, 0.1) is 5.02 Å². The topological polar surface area (TPSA) is 12.5 Å². The Morgan fingerprint density at radius 1 is 1.05 bits per heavy atom. The van der Waals surface area contributed by atoms with Crippen LogP contribution >= 0.6 is 23.4 Å². The van der Waals surface area contributed by atoms with Gasteiger partial charge in [0.15, 0.2) is 0 Å². The van der Waals surface area contributed by atoms with Crippen LogP contribution in [0.25, 0.3) is 12.2 Å². The standard InChI is InChI=1S/C18H18ClNOS/c1-20(2)11-12-21-18-14-8-7-13-5-3-4-6-16(13)22-17(14)10-9-15(18)19/h3-10H,11-12H2,1-2H3. The average Bonchev–Trinajstić information content (AvgIpc) is 2.68. The molecule has 1 aliphatic rings. The van der Waals surface area contributed by atoms with Crippen LogP contribution in [0.2, 0.25) is 5.02 Å². The summed E-state index contributed by atoms with van der Waals surface area (Å²) in [6.07, 6.45) is 4.23. The second kappa shape index (κ2) is 6.78. The van der Waals surface area contributed by atoms with Crippen LogP contribution in [0, 0.1) is 0 Å². The van der Waals surface area contributed by atoms with Crippen molar-refractivity contribution in [3.8, 4) is 5.75 Å². The van der Waals surface area contributed by atoms with E-state index >= 15 is 0 Å². The second-order valence-electron chi connectivity index (χ2n) is 5.41. The van der Waals surface area contributed by atoms with Crippen molar-refractivity contribution in [3.05, 3.63) is 52.5 Å². The SMILES string of the molecule is CN(C)CCOc1c(Cl)ccc2c1C=Cc1ccccc1S2. The lowest BCUT2D eigenvalue weighted by Crippen LogP contribution is -2.19. The molecule has 0 aromatic heterocycles. The lowest BCUT2D eigenvalue weighted by atomic mass is 10.1. The molecule has 0 bridgehead atoms. The van der Waals surface area contributed by atoms with Crippen molar-refractivity contribution in [1.82, 2.24) is 4.90 Å². The average molecular weight is 332 g/mol. The summed E-state index contributed by atoms with van der Waals surface area (Å²) >= 11 is 8.11. The van der Waals surface area contributed by atoms with Crippen LogP contribution in [0.5, 0.6) is 5.75 Å². The number of hydrogen-bond acceptors (Lipinski definition) is 3. The highest BCUT2D eigenvalue weighted by atomic mass is 35.5. The van der Waals surface area contributed by atoms with Gasteiger partial charge >= 0.3 is 0 Å². The number of rotatable bonds is 4. The van der Waals surface area contributed by atoms with E-state index in [1.807, 2.05) is 20.2 Å². The first-order valence-electron chi connectivity index (χ1n) is 7.20. The van der Waals surface area contributed by atoms with Gasteiger partial charge < -0.3 is 9.64 Å². The van der Waals surface area contributed by atoms with Crippen molar-refractivity contribution in [2.45, 2.75) is 9.79 Å². The molecule has 0 saturated carbocycles. The second-order valence-corrected chi connectivity index (χ2v) is 6.90. The van der Waals surface area contributed by atoms with Crippen molar-refractivity contribution in [2.75, 3.05) is 27.2 Å². The number of benzene rings is 2. The number of fused-ring (bicyclic) bond motifs is 2. The zero-order chi connectivity index (χ0) is 15.5. The molecular weight excluding hydrogens is 314 g/mol. The first-order chi connectivity index (χ1) is 10.6. The summed E-state index contributed by atoms with van der Waals surface area (Å²) in [5, 5.41) is 0.661. The van der Waals surface area contributed by atoms with Gasteiger partial charge in [0.25, 0.3) is 0 Å². The quantitative estimate of drug-likeness (QED) is 0.673. The Morgan fingerprint density at radius 3 is 2.68 bits per heavy atom. The number of ether oxygens (including phenoxy) is 1. The van der Waals surface area contributed by atoms with Crippen molar-refractivity contribution in [2.24, 2.45) is 0 Å². The van der Waals surface area contributed by atoms with E-state index < -0.39 is 0 Å². The predicted molar refractivity (Wildman–Crippen MR) is 95.0 cm³/mol. The van der Waals surface area contributed by atoms with Gasteiger partial charge in [0.1, 0.15) is 12.4 Å². The fraction of sp³-hybridized carbons (Fsp3) is 0.222. The molecule has 0 saturated heterocycles. The van der Waals surface area contributed by atoms with Crippen molar-refractivity contribution >= 4 is 35.5 Å². The number of halogens is 1. The Bertz CT molecular complexity index is 712. The fourth-order valence-electron chi connectivity index (χ4n) is 2.28. The minimum absolute atomic E-state index is 0.620. The molecule has 0 radical (unpaired) electrons. The highest BCUT2D eigenvalue weighted by Crippen LogP contribution is 2.43. The third-order valence-corrected chi connectivity index (χ3v) is 4.93. The van der Waals surface area contributed by atoms with E-state index in [1.54, 1.807) is 11.8 Å². The Kier molecular flexibility index (Phi) is 4.77. The predicted octanol–water partition coefficient (Wildman–Crippen LogP) is 4.92. The lowest BCUT2D eigenvalue weighted by molar-refractivity contribution is 0.260. The molecule has 114 valence electrons. The molecule has 4 heteroatoms. The molecule has 2 nitrogen and oxygen atoms in total. The molecule has 1 heterocycles. The zero-order valence-electron chi connectivity index (χ0n) is 12.7. The Morgan fingerprint density at radius 2 is 1.86 bits per heavy atom.